The van der Waals surface area contributed by atoms with Crippen LogP contribution in [0.5, 0.6) is 5.75 Å². The van der Waals surface area contributed by atoms with Crippen molar-refractivity contribution >= 4 is 11.5 Å². The van der Waals surface area contributed by atoms with E-state index in [1.807, 2.05) is 24.4 Å². The fraction of sp³-hybridized carbons (Fsp3) is 0.500. The van der Waals surface area contributed by atoms with Crippen LogP contribution in [0.2, 0.25) is 0 Å². The summed E-state index contributed by atoms with van der Waals surface area (Å²) in [6.45, 7) is 5.99. The van der Waals surface area contributed by atoms with Crippen LogP contribution in [-0.2, 0) is 0 Å². The lowest BCUT2D eigenvalue weighted by Crippen LogP contribution is -2.22. The summed E-state index contributed by atoms with van der Waals surface area (Å²) in [6, 6.07) is 2.34. The summed E-state index contributed by atoms with van der Waals surface area (Å²) in [5, 5.41) is 11.6. The number of hydrogen-bond acceptors (Lipinski definition) is 7. The van der Waals surface area contributed by atoms with Crippen LogP contribution in [0, 0.1) is 0 Å². The summed E-state index contributed by atoms with van der Waals surface area (Å²) >= 11 is 0. The molecule has 28 heavy (non-hydrogen) atoms. The van der Waals surface area contributed by atoms with Crippen molar-refractivity contribution in [1.29, 1.82) is 0 Å². The van der Waals surface area contributed by atoms with Gasteiger partial charge in [0, 0.05) is 24.6 Å². The van der Waals surface area contributed by atoms with Crippen molar-refractivity contribution in [1.82, 2.24) is 29.9 Å². The predicted molar refractivity (Wildman–Crippen MR) is 109 cm³/mol. The minimum absolute atomic E-state index is 0.394. The van der Waals surface area contributed by atoms with Crippen LogP contribution in [0.1, 0.15) is 44.7 Å². The zero-order valence-electron chi connectivity index (χ0n) is 16.6. The molecule has 1 aliphatic carbocycles. The molecule has 1 atom stereocenters. The molecule has 4 heterocycles. The van der Waals surface area contributed by atoms with Gasteiger partial charge in [-0.15, -0.1) is 0 Å². The van der Waals surface area contributed by atoms with Crippen LogP contribution in [0.3, 0.4) is 0 Å². The third-order valence-corrected chi connectivity index (χ3v) is 4.98. The van der Waals surface area contributed by atoms with Crippen molar-refractivity contribution in [3.05, 3.63) is 30.4 Å². The largest absolute Gasteiger partial charge is 0.495 e. The number of nitrogens with zero attached hydrogens (tertiary/aromatic N) is 5. The highest BCUT2D eigenvalue weighted by atomic mass is 16.5. The number of methoxy groups -OCH3 is 1. The van der Waals surface area contributed by atoms with Gasteiger partial charge in [0.1, 0.15) is 28.6 Å². The monoisotopic (exact) mass is 381 g/mol. The van der Waals surface area contributed by atoms with Crippen molar-refractivity contribution in [2.75, 3.05) is 25.5 Å². The Morgan fingerprint density at radius 2 is 2.04 bits per heavy atom. The molecule has 2 N–H and O–H groups in total. The molecule has 5 rings (SSSR count). The van der Waals surface area contributed by atoms with Gasteiger partial charge in [-0.05, 0) is 25.8 Å². The second-order valence-corrected chi connectivity index (χ2v) is 6.91. The molecular weight excluding hydrogens is 354 g/mol. The number of nitrogens with one attached hydrogen (secondary N) is 2. The van der Waals surface area contributed by atoms with Crippen molar-refractivity contribution in [3.8, 4) is 17.1 Å². The van der Waals surface area contributed by atoms with Gasteiger partial charge in [-0.1, -0.05) is 13.8 Å². The molecule has 8 nitrogen and oxygen atoms in total. The van der Waals surface area contributed by atoms with Crippen molar-refractivity contribution < 1.29 is 4.74 Å². The molecule has 1 unspecified atom stereocenters. The van der Waals surface area contributed by atoms with E-state index in [9.17, 15) is 0 Å². The van der Waals surface area contributed by atoms with Gasteiger partial charge >= 0.3 is 0 Å². The van der Waals surface area contributed by atoms with E-state index in [0.29, 0.717) is 12.0 Å². The Balaban J connectivity index is 0.000000932. The Labute approximate surface area is 164 Å². The smallest absolute Gasteiger partial charge is 0.157 e. The predicted octanol–water partition coefficient (Wildman–Crippen LogP) is 2.87. The van der Waals surface area contributed by atoms with Crippen LogP contribution in [-0.4, -0.2) is 50.8 Å². The van der Waals surface area contributed by atoms with Gasteiger partial charge in [0.2, 0.25) is 0 Å². The Kier molecular flexibility index (Phi) is 5.38. The van der Waals surface area contributed by atoms with Crippen molar-refractivity contribution in [2.45, 2.75) is 45.1 Å². The van der Waals surface area contributed by atoms with Gasteiger partial charge in [0.25, 0.3) is 0 Å². The highest BCUT2D eigenvalue weighted by Crippen LogP contribution is 2.43. The number of fused-ring (bicyclic) bond motifs is 1. The molecule has 0 aromatic carbocycles. The first-order chi connectivity index (χ1) is 13.8. The topological polar surface area (TPSA) is 89.3 Å². The zero-order chi connectivity index (χ0) is 19.5. The minimum Gasteiger partial charge on any atom is -0.495 e. The zero-order valence-corrected chi connectivity index (χ0v) is 16.6. The first kappa shape index (κ1) is 18.6. The molecule has 3 aromatic rings. The fourth-order valence-corrected chi connectivity index (χ4v) is 3.44. The molecule has 3 aromatic heterocycles. The minimum atomic E-state index is 0.394. The summed E-state index contributed by atoms with van der Waals surface area (Å²) in [4.78, 5) is 13.6. The molecule has 2 aliphatic rings. The molecule has 0 amide bonds. The van der Waals surface area contributed by atoms with Gasteiger partial charge in [-0.25, -0.2) is 14.5 Å². The lowest BCUT2D eigenvalue weighted by atomic mass is 10.2. The Morgan fingerprint density at radius 3 is 2.75 bits per heavy atom. The quantitative estimate of drug-likeness (QED) is 0.702. The van der Waals surface area contributed by atoms with Crippen molar-refractivity contribution in [3.63, 3.8) is 0 Å². The first-order valence-electron chi connectivity index (χ1n) is 10.0. The summed E-state index contributed by atoms with van der Waals surface area (Å²) < 4.78 is 7.35. The standard InChI is InChI=1S/C18H21N7O.C2H6/c1-26-15-6-17-21-9-14(25(17)24-18(15)11-2-3-11)13-8-20-10-16(23-13)22-12-4-5-19-7-12;1-2/h6,8-12,19H,2-5,7H2,1H3,(H,22,23);1-2H3. The van der Waals surface area contributed by atoms with Crippen LogP contribution >= 0.6 is 0 Å². The number of aromatic nitrogens is 5. The molecule has 8 heteroatoms. The highest BCUT2D eigenvalue weighted by Gasteiger charge is 2.29. The van der Waals surface area contributed by atoms with Gasteiger partial charge in [-0.3, -0.25) is 4.98 Å². The summed E-state index contributed by atoms with van der Waals surface area (Å²) in [5.41, 5.74) is 3.35. The van der Waals surface area contributed by atoms with Gasteiger partial charge in [-0.2, -0.15) is 5.10 Å². The lowest BCUT2D eigenvalue weighted by Gasteiger charge is -2.12. The van der Waals surface area contributed by atoms with E-state index in [1.165, 1.54) is 0 Å². The third-order valence-electron chi connectivity index (χ3n) is 4.98. The number of rotatable bonds is 5. The number of anilines is 1. The van der Waals surface area contributed by atoms with E-state index in [-0.39, 0.29) is 0 Å². The van der Waals surface area contributed by atoms with Crippen LogP contribution in [0.25, 0.3) is 17.0 Å². The Morgan fingerprint density at radius 1 is 1.18 bits per heavy atom. The lowest BCUT2D eigenvalue weighted by molar-refractivity contribution is 0.405. The van der Waals surface area contributed by atoms with E-state index in [4.69, 9.17) is 14.8 Å². The molecule has 0 radical (unpaired) electrons. The molecule has 2 fully saturated rings. The first-order valence-corrected chi connectivity index (χ1v) is 10.0. The number of ether oxygens (including phenoxy) is 1. The molecular formula is C20H27N7O. The second-order valence-electron chi connectivity index (χ2n) is 6.91. The van der Waals surface area contributed by atoms with Crippen molar-refractivity contribution in [2.24, 2.45) is 0 Å². The average molecular weight is 381 g/mol. The molecule has 148 valence electrons. The van der Waals surface area contributed by atoms with E-state index in [0.717, 1.165) is 66.6 Å². The Hall–Kier alpha value is -2.74. The van der Waals surface area contributed by atoms with Gasteiger partial charge < -0.3 is 15.4 Å². The maximum atomic E-state index is 5.50. The molecule has 1 aliphatic heterocycles. The molecule has 0 bridgehead atoms. The third kappa shape index (κ3) is 3.64. The highest BCUT2D eigenvalue weighted by molar-refractivity contribution is 5.61. The summed E-state index contributed by atoms with van der Waals surface area (Å²) in [6.07, 6.45) is 8.72. The van der Waals surface area contributed by atoms with E-state index in [2.05, 4.69) is 20.6 Å². The second kappa shape index (κ2) is 8.10. The van der Waals surface area contributed by atoms with E-state index < -0.39 is 0 Å². The average Bonchev–Trinajstić information content (AvgIpc) is 3.30. The Bertz CT molecular complexity index is 945. The van der Waals surface area contributed by atoms with Gasteiger partial charge in [0.05, 0.1) is 25.7 Å². The fourth-order valence-electron chi connectivity index (χ4n) is 3.44. The molecule has 1 saturated heterocycles. The molecule has 0 spiro atoms. The number of imidazole rings is 1. The van der Waals surface area contributed by atoms with Crippen LogP contribution < -0.4 is 15.4 Å². The molecule has 1 saturated carbocycles. The maximum absolute atomic E-state index is 5.50. The number of hydrogen-bond donors (Lipinski definition) is 2. The summed E-state index contributed by atoms with van der Waals surface area (Å²) in [5.74, 6) is 2.08. The van der Waals surface area contributed by atoms with Crippen LogP contribution in [0.4, 0.5) is 5.82 Å². The summed E-state index contributed by atoms with van der Waals surface area (Å²) in [7, 11) is 1.68. The van der Waals surface area contributed by atoms with E-state index >= 15 is 0 Å². The van der Waals surface area contributed by atoms with E-state index in [1.54, 1.807) is 25.7 Å². The normalized spacial score (nSPS) is 18.6. The maximum Gasteiger partial charge on any atom is 0.157 e. The SMILES string of the molecule is CC.COc1cc2ncc(-c3cncc(NC4CCNC4)n3)n2nc1C1CC1. The van der Waals surface area contributed by atoms with Gasteiger partial charge in [0.15, 0.2) is 5.65 Å². The van der Waals surface area contributed by atoms with Crippen LogP contribution in [0.15, 0.2) is 24.7 Å².